The van der Waals surface area contributed by atoms with E-state index in [0.717, 1.165) is 27.9 Å². The minimum Gasteiger partial charge on any atom is -0.316 e. The van der Waals surface area contributed by atoms with E-state index in [1.165, 1.54) is 0 Å². The zero-order valence-corrected chi connectivity index (χ0v) is 15.3. The van der Waals surface area contributed by atoms with Gasteiger partial charge in [0.05, 0.1) is 0 Å². The number of benzene rings is 3. The van der Waals surface area contributed by atoms with Gasteiger partial charge in [0.25, 0.3) is 0 Å². The molecule has 26 heavy (non-hydrogen) atoms. The summed E-state index contributed by atoms with van der Waals surface area (Å²) in [7, 11) is 0. The van der Waals surface area contributed by atoms with Crippen molar-refractivity contribution in [2.24, 2.45) is 0 Å². The Bertz CT molecular complexity index is 818. The summed E-state index contributed by atoms with van der Waals surface area (Å²) in [5.74, 6) is 0. The van der Waals surface area contributed by atoms with Crippen LogP contribution in [0.5, 0.6) is 0 Å². The lowest BCUT2D eigenvalue weighted by Crippen LogP contribution is -2.34. The Morgan fingerprint density at radius 2 is 1.35 bits per heavy atom. The van der Waals surface area contributed by atoms with Crippen LogP contribution in [0.2, 0.25) is 0 Å². The molecular weight excluding hydrogens is 320 g/mol. The summed E-state index contributed by atoms with van der Waals surface area (Å²) in [6.07, 6.45) is 0. The van der Waals surface area contributed by atoms with Crippen molar-refractivity contribution in [3.05, 3.63) is 101 Å². The number of nitrogens with zero attached hydrogens (tertiary/aromatic N) is 1. The Balaban J connectivity index is 1.81. The van der Waals surface area contributed by atoms with Crippen molar-refractivity contribution in [3.63, 3.8) is 0 Å². The van der Waals surface area contributed by atoms with Gasteiger partial charge in [-0.3, -0.25) is 0 Å². The van der Waals surface area contributed by atoms with Crippen LogP contribution in [-0.4, -0.2) is 10.9 Å². The Labute approximate surface area is 155 Å². The van der Waals surface area contributed by atoms with E-state index in [2.05, 4.69) is 11.4 Å². The normalized spacial score (nSPS) is 10.4. The van der Waals surface area contributed by atoms with E-state index in [9.17, 15) is 4.79 Å². The zero-order valence-electron chi connectivity index (χ0n) is 15.3. The molecule has 0 saturated carbocycles. The average Bonchev–Trinajstić information content (AvgIpc) is 2.66. The maximum atomic E-state index is 13.0. The van der Waals surface area contributed by atoms with Crippen LogP contribution in [0.15, 0.2) is 78.9 Å². The number of aryl methyl sites for hydroxylation is 2. The Hall–Kier alpha value is -3.07. The second-order valence-electron chi connectivity index (χ2n) is 6.58. The van der Waals surface area contributed by atoms with E-state index in [1.54, 1.807) is 0 Å². The van der Waals surface area contributed by atoms with Crippen LogP contribution in [0.4, 0.5) is 10.5 Å². The summed E-state index contributed by atoms with van der Waals surface area (Å²) in [6, 6.07) is 26.2. The number of urea groups is 1. The minimum atomic E-state index is -0.0913. The molecular formula is C23H24N2O. The third-order valence-electron chi connectivity index (χ3n) is 4.35. The summed E-state index contributed by atoms with van der Waals surface area (Å²) in [4.78, 5) is 14.8. The molecule has 0 unspecified atom stereocenters. The average molecular weight is 344 g/mol. The molecule has 3 aromatic rings. The number of hydrogen-bond donors (Lipinski definition) is 1. The second kappa shape index (κ2) is 8.34. The van der Waals surface area contributed by atoms with Crippen LogP contribution in [0, 0.1) is 13.8 Å². The topological polar surface area (TPSA) is 32.3 Å². The maximum Gasteiger partial charge on any atom is 0.322 e. The van der Waals surface area contributed by atoms with Gasteiger partial charge in [0.15, 0.2) is 0 Å². The molecule has 0 aliphatic heterocycles. The quantitative estimate of drug-likeness (QED) is 0.648. The van der Waals surface area contributed by atoms with E-state index in [1.807, 2.05) is 91.5 Å². The number of rotatable bonds is 5. The van der Waals surface area contributed by atoms with Crippen LogP contribution >= 0.6 is 0 Å². The molecule has 3 heteroatoms. The molecule has 0 aromatic heterocycles. The van der Waals surface area contributed by atoms with Crippen molar-refractivity contribution >= 4 is 11.7 Å². The summed E-state index contributed by atoms with van der Waals surface area (Å²) in [6.45, 7) is 5.16. The van der Waals surface area contributed by atoms with Gasteiger partial charge in [-0.1, -0.05) is 72.8 Å². The van der Waals surface area contributed by atoms with E-state index in [0.29, 0.717) is 13.1 Å². The van der Waals surface area contributed by atoms with E-state index < -0.39 is 0 Å². The summed E-state index contributed by atoms with van der Waals surface area (Å²) >= 11 is 0. The number of carbonyl (C=O) groups is 1. The lowest BCUT2D eigenvalue weighted by molar-refractivity contribution is 0.206. The number of carbonyl (C=O) groups excluding carboxylic acids is 1. The summed E-state index contributed by atoms with van der Waals surface area (Å²) < 4.78 is 0. The first-order valence-corrected chi connectivity index (χ1v) is 8.83. The molecule has 0 aliphatic rings. The molecule has 0 heterocycles. The predicted molar refractivity (Wildman–Crippen MR) is 107 cm³/mol. The summed E-state index contributed by atoms with van der Waals surface area (Å²) in [5, 5.41) is 3.08. The minimum absolute atomic E-state index is 0.0913. The molecule has 3 aromatic carbocycles. The van der Waals surface area contributed by atoms with Gasteiger partial charge >= 0.3 is 6.03 Å². The highest BCUT2D eigenvalue weighted by Gasteiger charge is 2.15. The van der Waals surface area contributed by atoms with Crippen LogP contribution in [0.1, 0.15) is 22.3 Å². The van der Waals surface area contributed by atoms with Gasteiger partial charge < -0.3 is 10.2 Å². The Morgan fingerprint density at radius 3 is 1.88 bits per heavy atom. The van der Waals surface area contributed by atoms with E-state index in [-0.39, 0.29) is 6.03 Å². The fraction of sp³-hybridized carbons (Fsp3) is 0.174. The van der Waals surface area contributed by atoms with Crippen molar-refractivity contribution < 1.29 is 4.79 Å². The lowest BCUT2D eigenvalue weighted by Gasteiger charge is -2.24. The van der Waals surface area contributed by atoms with Crippen LogP contribution in [-0.2, 0) is 13.1 Å². The molecule has 132 valence electrons. The number of nitrogens with one attached hydrogen (secondary N) is 1. The van der Waals surface area contributed by atoms with Gasteiger partial charge in [-0.25, -0.2) is 4.79 Å². The first kappa shape index (κ1) is 17.7. The third-order valence-corrected chi connectivity index (χ3v) is 4.35. The monoisotopic (exact) mass is 344 g/mol. The molecule has 3 nitrogen and oxygen atoms in total. The Morgan fingerprint density at radius 1 is 0.808 bits per heavy atom. The first-order valence-electron chi connectivity index (χ1n) is 8.83. The molecule has 3 rings (SSSR count). The second-order valence-corrected chi connectivity index (χ2v) is 6.58. The molecule has 0 saturated heterocycles. The van der Waals surface area contributed by atoms with E-state index >= 15 is 0 Å². The zero-order chi connectivity index (χ0) is 18.4. The first-order chi connectivity index (χ1) is 12.6. The van der Waals surface area contributed by atoms with Crippen LogP contribution in [0.25, 0.3) is 0 Å². The molecule has 2 amide bonds. The molecule has 0 radical (unpaired) electrons. The summed E-state index contributed by atoms with van der Waals surface area (Å²) in [5.41, 5.74) is 5.27. The highest BCUT2D eigenvalue weighted by Crippen LogP contribution is 2.18. The lowest BCUT2D eigenvalue weighted by atomic mass is 10.1. The highest BCUT2D eigenvalue weighted by molar-refractivity contribution is 5.90. The molecule has 0 atom stereocenters. The number of hydrogen-bond acceptors (Lipinski definition) is 1. The van der Waals surface area contributed by atoms with Crippen molar-refractivity contribution in [3.8, 4) is 0 Å². The molecule has 0 bridgehead atoms. The number of anilines is 1. The van der Waals surface area contributed by atoms with Crippen molar-refractivity contribution in [2.45, 2.75) is 26.9 Å². The van der Waals surface area contributed by atoms with Gasteiger partial charge in [0, 0.05) is 18.8 Å². The van der Waals surface area contributed by atoms with Gasteiger partial charge in [-0.15, -0.1) is 0 Å². The highest BCUT2D eigenvalue weighted by atomic mass is 16.2. The maximum absolute atomic E-state index is 13.0. The molecule has 0 spiro atoms. The van der Waals surface area contributed by atoms with Crippen LogP contribution in [0.3, 0.4) is 0 Å². The molecule has 0 fully saturated rings. The van der Waals surface area contributed by atoms with Crippen molar-refractivity contribution in [2.75, 3.05) is 5.32 Å². The predicted octanol–water partition coefficient (Wildman–Crippen LogP) is 5.54. The van der Waals surface area contributed by atoms with Crippen LogP contribution < -0.4 is 5.32 Å². The SMILES string of the molecule is Cc1ccc(C)c(NC(=O)N(Cc2ccccc2)Cc2ccccc2)c1. The van der Waals surface area contributed by atoms with E-state index in [4.69, 9.17) is 0 Å². The smallest absolute Gasteiger partial charge is 0.316 e. The Kier molecular flexibility index (Phi) is 5.69. The van der Waals surface area contributed by atoms with Crippen molar-refractivity contribution in [1.82, 2.24) is 4.90 Å². The van der Waals surface area contributed by atoms with Gasteiger partial charge in [-0.2, -0.15) is 0 Å². The molecule has 1 N–H and O–H groups in total. The van der Waals surface area contributed by atoms with Gasteiger partial charge in [0.2, 0.25) is 0 Å². The van der Waals surface area contributed by atoms with Gasteiger partial charge in [-0.05, 0) is 42.2 Å². The fourth-order valence-corrected chi connectivity index (χ4v) is 2.87. The fourth-order valence-electron chi connectivity index (χ4n) is 2.87. The van der Waals surface area contributed by atoms with Gasteiger partial charge in [0.1, 0.15) is 0 Å². The third kappa shape index (κ3) is 4.73. The molecule has 0 aliphatic carbocycles. The number of amides is 2. The standard InChI is InChI=1S/C23H24N2O/c1-18-13-14-19(2)22(15-18)24-23(26)25(16-20-9-5-3-6-10-20)17-21-11-7-4-8-12-21/h3-15H,16-17H2,1-2H3,(H,24,26). The largest absolute Gasteiger partial charge is 0.322 e. The van der Waals surface area contributed by atoms with Crippen molar-refractivity contribution in [1.29, 1.82) is 0 Å².